The molecular weight excluding hydrogens is 348 g/mol. The highest BCUT2D eigenvalue weighted by molar-refractivity contribution is 5.90. The van der Waals surface area contributed by atoms with Crippen molar-refractivity contribution in [3.63, 3.8) is 0 Å². The number of hydrogen-bond donors (Lipinski definition) is 2. The normalized spacial score (nSPS) is 18.2. The molecule has 3 rings (SSSR count). The molecule has 0 saturated heterocycles. The molecule has 1 atom stereocenters. The number of nitrogens with one attached hydrogen (secondary N) is 2. The van der Waals surface area contributed by atoms with Crippen LogP contribution in [0.4, 0.5) is 16.2 Å². The number of hydrogen-bond acceptors (Lipinski definition) is 3. The standard InChI is InChI=1S/C23H30N4O/c1-16(2)27-21-12-11-18(13-20(21)17(3)14-23(27,4)5)15-24-26-22(28)25-19-9-7-6-8-10-19/h6-13,15-17H,14H2,1-5H3,(H2,25,26,28)/b24-15+/t17-/m0/s1. The molecule has 5 heteroatoms. The minimum Gasteiger partial charge on any atom is -0.364 e. The van der Waals surface area contributed by atoms with Crippen LogP contribution < -0.4 is 15.6 Å². The molecule has 0 radical (unpaired) electrons. The molecule has 0 bridgehead atoms. The molecule has 0 unspecified atom stereocenters. The Labute approximate surface area is 167 Å². The fraction of sp³-hybridized carbons (Fsp3) is 0.391. The third-order valence-corrected chi connectivity index (χ3v) is 5.23. The molecule has 0 aromatic heterocycles. The van der Waals surface area contributed by atoms with Gasteiger partial charge < -0.3 is 10.2 Å². The summed E-state index contributed by atoms with van der Waals surface area (Å²) in [5.74, 6) is 0.475. The molecule has 28 heavy (non-hydrogen) atoms. The summed E-state index contributed by atoms with van der Waals surface area (Å²) in [4.78, 5) is 14.4. The predicted octanol–water partition coefficient (Wildman–Crippen LogP) is 5.34. The predicted molar refractivity (Wildman–Crippen MR) is 117 cm³/mol. The van der Waals surface area contributed by atoms with Gasteiger partial charge in [-0.2, -0.15) is 5.10 Å². The summed E-state index contributed by atoms with van der Waals surface area (Å²) in [6, 6.07) is 15.8. The smallest absolute Gasteiger partial charge is 0.339 e. The first kappa shape index (κ1) is 19.9. The van der Waals surface area contributed by atoms with Crippen molar-refractivity contribution in [3.05, 3.63) is 59.7 Å². The highest BCUT2D eigenvalue weighted by atomic mass is 16.2. The Bertz CT molecular complexity index is 858. The Hall–Kier alpha value is -2.82. The quantitative estimate of drug-likeness (QED) is 0.557. The first-order chi connectivity index (χ1) is 13.3. The van der Waals surface area contributed by atoms with Crippen molar-refractivity contribution in [3.8, 4) is 0 Å². The fourth-order valence-electron chi connectivity index (χ4n) is 4.37. The highest BCUT2D eigenvalue weighted by Crippen LogP contribution is 2.44. The van der Waals surface area contributed by atoms with Crippen LogP contribution >= 0.6 is 0 Å². The average molecular weight is 379 g/mol. The van der Waals surface area contributed by atoms with Gasteiger partial charge in [0.15, 0.2) is 0 Å². The van der Waals surface area contributed by atoms with Crippen molar-refractivity contribution in [1.29, 1.82) is 0 Å². The minimum atomic E-state index is -0.360. The van der Waals surface area contributed by atoms with E-state index in [0.717, 1.165) is 17.7 Å². The van der Waals surface area contributed by atoms with Gasteiger partial charge in [0.25, 0.3) is 0 Å². The Morgan fingerprint density at radius 1 is 1.21 bits per heavy atom. The summed E-state index contributed by atoms with van der Waals surface area (Å²) in [6.07, 6.45) is 2.80. The van der Waals surface area contributed by atoms with Crippen LogP contribution in [0, 0.1) is 0 Å². The number of amides is 2. The number of anilines is 2. The summed E-state index contributed by atoms with van der Waals surface area (Å²) < 4.78 is 0. The maximum absolute atomic E-state index is 11.9. The topological polar surface area (TPSA) is 56.7 Å². The van der Waals surface area contributed by atoms with Crippen molar-refractivity contribution in [2.75, 3.05) is 10.2 Å². The minimum absolute atomic E-state index is 0.132. The molecule has 2 aromatic rings. The second-order valence-electron chi connectivity index (χ2n) is 8.39. The van der Waals surface area contributed by atoms with Crippen LogP contribution in [0.5, 0.6) is 0 Å². The highest BCUT2D eigenvalue weighted by Gasteiger charge is 2.37. The second kappa shape index (κ2) is 8.05. The maximum Gasteiger partial charge on any atom is 0.339 e. The van der Waals surface area contributed by atoms with E-state index in [1.165, 1.54) is 11.3 Å². The third-order valence-electron chi connectivity index (χ3n) is 5.23. The zero-order valence-corrected chi connectivity index (χ0v) is 17.4. The molecule has 0 saturated carbocycles. The molecule has 2 aromatic carbocycles. The zero-order valence-electron chi connectivity index (χ0n) is 17.4. The summed E-state index contributed by atoms with van der Waals surface area (Å²) in [7, 11) is 0. The van der Waals surface area contributed by atoms with E-state index in [1.807, 2.05) is 30.3 Å². The van der Waals surface area contributed by atoms with Crippen LogP contribution in [0.2, 0.25) is 0 Å². The van der Waals surface area contributed by atoms with E-state index >= 15 is 0 Å². The summed E-state index contributed by atoms with van der Waals surface area (Å²) in [5.41, 5.74) is 7.00. The van der Waals surface area contributed by atoms with E-state index in [0.29, 0.717) is 12.0 Å². The van der Waals surface area contributed by atoms with Gasteiger partial charge in [-0.05, 0) is 75.4 Å². The van der Waals surface area contributed by atoms with Gasteiger partial charge in [-0.25, -0.2) is 10.2 Å². The van der Waals surface area contributed by atoms with Gasteiger partial charge in [0.1, 0.15) is 0 Å². The second-order valence-corrected chi connectivity index (χ2v) is 8.39. The van der Waals surface area contributed by atoms with Crippen molar-refractivity contribution in [2.24, 2.45) is 5.10 Å². The molecule has 0 fully saturated rings. The summed E-state index contributed by atoms with van der Waals surface area (Å²) in [5, 5.41) is 6.84. The maximum atomic E-state index is 11.9. The lowest BCUT2D eigenvalue weighted by molar-refractivity contribution is 0.252. The number of benzene rings is 2. The molecule has 1 aliphatic heterocycles. The van der Waals surface area contributed by atoms with Crippen molar-refractivity contribution >= 4 is 23.6 Å². The molecule has 2 N–H and O–H groups in total. The van der Waals surface area contributed by atoms with Gasteiger partial charge in [0.2, 0.25) is 0 Å². The van der Waals surface area contributed by atoms with Crippen molar-refractivity contribution < 1.29 is 4.79 Å². The van der Waals surface area contributed by atoms with Gasteiger partial charge in [-0.3, -0.25) is 0 Å². The number of carbonyl (C=O) groups excluding carboxylic acids is 1. The van der Waals surface area contributed by atoms with Crippen LogP contribution in [-0.4, -0.2) is 23.8 Å². The fourth-order valence-corrected chi connectivity index (χ4v) is 4.37. The average Bonchev–Trinajstić information content (AvgIpc) is 2.62. The molecule has 2 amide bonds. The van der Waals surface area contributed by atoms with Gasteiger partial charge in [-0.1, -0.05) is 31.2 Å². The van der Waals surface area contributed by atoms with Crippen LogP contribution in [-0.2, 0) is 0 Å². The van der Waals surface area contributed by atoms with Crippen LogP contribution in [0.3, 0.4) is 0 Å². The first-order valence-corrected chi connectivity index (χ1v) is 9.86. The van der Waals surface area contributed by atoms with Gasteiger partial charge in [0, 0.05) is 23.0 Å². The molecule has 1 aliphatic rings. The van der Waals surface area contributed by atoms with Gasteiger partial charge in [-0.15, -0.1) is 0 Å². The van der Waals surface area contributed by atoms with Gasteiger partial charge in [0.05, 0.1) is 6.21 Å². The van der Waals surface area contributed by atoms with E-state index in [4.69, 9.17) is 0 Å². The number of para-hydroxylation sites is 1. The molecular formula is C23H30N4O. The van der Waals surface area contributed by atoms with E-state index in [-0.39, 0.29) is 11.6 Å². The lowest BCUT2D eigenvalue weighted by Gasteiger charge is -2.50. The largest absolute Gasteiger partial charge is 0.364 e. The molecule has 0 aliphatic carbocycles. The van der Waals surface area contributed by atoms with Crippen LogP contribution in [0.25, 0.3) is 0 Å². The number of nitrogens with zero attached hydrogens (tertiary/aromatic N) is 2. The van der Waals surface area contributed by atoms with Crippen molar-refractivity contribution in [1.82, 2.24) is 5.43 Å². The Kier molecular flexibility index (Phi) is 5.73. The number of fused-ring (bicyclic) bond motifs is 1. The Balaban J connectivity index is 1.72. The van der Waals surface area contributed by atoms with Crippen molar-refractivity contribution in [2.45, 2.75) is 58.5 Å². The lowest BCUT2D eigenvalue weighted by atomic mass is 9.79. The molecule has 1 heterocycles. The summed E-state index contributed by atoms with van der Waals surface area (Å²) in [6.45, 7) is 11.4. The monoisotopic (exact) mass is 378 g/mol. The number of rotatable bonds is 4. The van der Waals surface area contributed by atoms with E-state index in [2.05, 4.69) is 73.6 Å². The number of urea groups is 1. The van der Waals surface area contributed by atoms with Crippen LogP contribution in [0.15, 0.2) is 53.6 Å². The van der Waals surface area contributed by atoms with E-state index < -0.39 is 0 Å². The van der Waals surface area contributed by atoms with Gasteiger partial charge >= 0.3 is 6.03 Å². The third kappa shape index (κ3) is 4.35. The Morgan fingerprint density at radius 2 is 1.93 bits per heavy atom. The van der Waals surface area contributed by atoms with E-state index in [9.17, 15) is 4.79 Å². The number of hydrazone groups is 1. The molecule has 148 valence electrons. The van der Waals surface area contributed by atoms with E-state index in [1.54, 1.807) is 6.21 Å². The Morgan fingerprint density at radius 3 is 2.61 bits per heavy atom. The molecule has 0 spiro atoms. The SMILES string of the molecule is CC(C)N1c2ccc(/C=N/NC(=O)Nc3ccccc3)cc2[C@@H](C)CC1(C)C. The van der Waals surface area contributed by atoms with Crippen LogP contribution in [0.1, 0.15) is 58.1 Å². The lowest BCUT2D eigenvalue weighted by Crippen LogP contribution is -2.51. The first-order valence-electron chi connectivity index (χ1n) is 9.86. The number of carbonyl (C=O) groups is 1. The summed E-state index contributed by atoms with van der Waals surface area (Å²) >= 11 is 0. The zero-order chi connectivity index (χ0) is 20.3. The molecule has 5 nitrogen and oxygen atoms in total.